The predicted molar refractivity (Wildman–Crippen MR) is 65.6 cm³/mol. The lowest BCUT2D eigenvalue weighted by Crippen LogP contribution is -2.00. The van der Waals surface area contributed by atoms with E-state index in [9.17, 15) is 0 Å². The number of aromatic nitrogens is 1. The maximum absolute atomic E-state index is 8.34. The first-order valence-corrected chi connectivity index (χ1v) is 5.90. The molecule has 0 fully saturated rings. The van der Waals surface area contributed by atoms with E-state index in [4.69, 9.17) is 9.62 Å². The molecule has 0 aliphatic rings. The number of hydrogen-bond acceptors (Lipinski definition) is 5. The third-order valence-electron chi connectivity index (χ3n) is 1.93. The molecule has 2 aromatic rings. The number of rotatable bonds is 5. The molecule has 0 bridgehead atoms. The topological polar surface area (TPSA) is 70.7 Å². The molecule has 0 unspecified atom stereocenters. The first-order chi connectivity index (χ1) is 8.38. The van der Waals surface area contributed by atoms with Gasteiger partial charge in [0.2, 0.25) is 0 Å². The molecule has 0 radical (unpaired) electrons. The minimum Gasteiger partial charge on any atom is -0.468 e. The molecular formula is C11H11N3O2S. The van der Waals surface area contributed by atoms with Crippen molar-refractivity contribution in [2.45, 2.75) is 10.8 Å². The van der Waals surface area contributed by atoms with Crippen LogP contribution in [0.1, 0.15) is 5.76 Å². The number of pyridine rings is 1. The third-order valence-corrected chi connectivity index (χ3v) is 2.90. The van der Waals surface area contributed by atoms with E-state index in [1.165, 1.54) is 6.34 Å². The minimum absolute atomic E-state index is 0.675. The Balaban J connectivity index is 1.91. The van der Waals surface area contributed by atoms with Crippen molar-refractivity contribution in [3.8, 4) is 0 Å². The molecule has 6 heteroatoms. The van der Waals surface area contributed by atoms with Crippen LogP contribution < -0.4 is 5.48 Å². The van der Waals surface area contributed by atoms with Gasteiger partial charge in [0.1, 0.15) is 12.1 Å². The van der Waals surface area contributed by atoms with Gasteiger partial charge < -0.3 is 4.42 Å². The van der Waals surface area contributed by atoms with Crippen molar-refractivity contribution in [2.75, 3.05) is 0 Å². The third kappa shape index (κ3) is 3.61. The molecule has 0 aromatic carbocycles. The van der Waals surface area contributed by atoms with Crippen LogP contribution in [-0.2, 0) is 5.75 Å². The summed E-state index contributed by atoms with van der Waals surface area (Å²) in [4.78, 5) is 8.13. The van der Waals surface area contributed by atoms with E-state index in [1.807, 2.05) is 29.7 Å². The highest BCUT2D eigenvalue weighted by Gasteiger charge is 1.99. The van der Waals surface area contributed by atoms with Crippen molar-refractivity contribution < 1.29 is 9.62 Å². The molecule has 0 saturated heterocycles. The summed E-state index contributed by atoms with van der Waals surface area (Å²) in [5, 5.41) is 9.24. The van der Waals surface area contributed by atoms with Gasteiger partial charge in [-0.15, -0.1) is 0 Å². The molecule has 0 spiro atoms. The molecule has 2 rings (SSSR count). The van der Waals surface area contributed by atoms with Gasteiger partial charge in [-0.05, 0) is 24.3 Å². The molecular weight excluding hydrogens is 238 g/mol. The fourth-order valence-corrected chi connectivity index (χ4v) is 1.92. The quantitative estimate of drug-likeness (QED) is 0.369. The number of nitrogens with zero attached hydrogens (tertiary/aromatic N) is 2. The Morgan fingerprint density at radius 2 is 2.41 bits per heavy atom. The van der Waals surface area contributed by atoms with Crippen molar-refractivity contribution in [3.05, 3.63) is 42.5 Å². The Labute approximate surface area is 103 Å². The van der Waals surface area contributed by atoms with Crippen LogP contribution in [0.25, 0.3) is 0 Å². The second-order valence-corrected chi connectivity index (χ2v) is 4.11. The fraction of sp³-hybridized carbons (Fsp3) is 0.0909. The molecule has 0 amide bonds. The maximum atomic E-state index is 8.34. The van der Waals surface area contributed by atoms with Crippen molar-refractivity contribution >= 4 is 23.8 Å². The van der Waals surface area contributed by atoms with Crippen LogP contribution in [0.5, 0.6) is 0 Å². The van der Waals surface area contributed by atoms with Crippen molar-refractivity contribution in [2.24, 2.45) is 4.99 Å². The fourth-order valence-electron chi connectivity index (χ4n) is 1.18. The van der Waals surface area contributed by atoms with Gasteiger partial charge in [0.05, 0.1) is 28.9 Å². The highest BCUT2D eigenvalue weighted by Crippen LogP contribution is 2.22. The average Bonchev–Trinajstić information content (AvgIpc) is 2.88. The van der Waals surface area contributed by atoms with Gasteiger partial charge in [-0.25, -0.2) is 9.98 Å². The van der Waals surface area contributed by atoms with E-state index in [0.29, 0.717) is 5.69 Å². The van der Waals surface area contributed by atoms with Crippen LogP contribution in [0.4, 0.5) is 5.69 Å². The molecule has 0 aliphatic carbocycles. The lowest BCUT2D eigenvalue weighted by atomic mass is 10.4. The highest BCUT2D eigenvalue weighted by atomic mass is 32.2. The Hall–Kier alpha value is -1.79. The number of furan rings is 1. The van der Waals surface area contributed by atoms with Gasteiger partial charge >= 0.3 is 0 Å². The van der Waals surface area contributed by atoms with E-state index in [0.717, 1.165) is 16.5 Å². The monoisotopic (exact) mass is 249 g/mol. The standard InChI is InChI=1S/C11H11N3O2S/c15-14-8-13-9-3-4-11(12-6-9)17-7-10-2-1-5-16-10/h1-6,8,15H,7H2,(H,13,14). The first kappa shape index (κ1) is 11.7. The van der Waals surface area contributed by atoms with Gasteiger partial charge in [0.25, 0.3) is 0 Å². The van der Waals surface area contributed by atoms with Crippen molar-refractivity contribution in [1.82, 2.24) is 10.5 Å². The molecule has 5 nitrogen and oxygen atoms in total. The zero-order chi connectivity index (χ0) is 11.9. The van der Waals surface area contributed by atoms with E-state index >= 15 is 0 Å². The molecule has 0 aliphatic heterocycles. The lowest BCUT2D eigenvalue weighted by Gasteiger charge is -1.99. The maximum Gasteiger partial charge on any atom is 0.114 e. The number of hydroxylamine groups is 1. The van der Waals surface area contributed by atoms with E-state index in [2.05, 4.69) is 9.98 Å². The second kappa shape index (κ2) is 6.07. The van der Waals surface area contributed by atoms with E-state index < -0.39 is 0 Å². The highest BCUT2D eigenvalue weighted by molar-refractivity contribution is 7.98. The Morgan fingerprint density at radius 1 is 1.47 bits per heavy atom. The van der Waals surface area contributed by atoms with Gasteiger partial charge in [0.15, 0.2) is 0 Å². The molecule has 17 heavy (non-hydrogen) atoms. The number of thioether (sulfide) groups is 1. The smallest absolute Gasteiger partial charge is 0.114 e. The number of nitrogens with one attached hydrogen (secondary N) is 1. The van der Waals surface area contributed by atoms with E-state index in [1.54, 1.807) is 24.2 Å². The van der Waals surface area contributed by atoms with Crippen LogP contribution in [0.3, 0.4) is 0 Å². The summed E-state index contributed by atoms with van der Waals surface area (Å²) in [5.74, 6) is 1.67. The van der Waals surface area contributed by atoms with Gasteiger partial charge in [-0.1, -0.05) is 11.8 Å². The van der Waals surface area contributed by atoms with Crippen LogP contribution in [0.2, 0.25) is 0 Å². The molecule has 0 saturated carbocycles. The Bertz CT molecular complexity index is 468. The SMILES string of the molecule is ONC=Nc1ccc(SCc2ccco2)nc1. The van der Waals surface area contributed by atoms with Gasteiger partial charge in [-0.3, -0.25) is 10.7 Å². The van der Waals surface area contributed by atoms with Gasteiger partial charge in [0, 0.05) is 0 Å². The summed E-state index contributed by atoms with van der Waals surface area (Å²) in [6.45, 7) is 0. The second-order valence-electron chi connectivity index (χ2n) is 3.11. The largest absolute Gasteiger partial charge is 0.468 e. The van der Waals surface area contributed by atoms with Crippen LogP contribution in [0.15, 0.2) is 51.2 Å². The Morgan fingerprint density at radius 3 is 3.06 bits per heavy atom. The van der Waals surface area contributed by atoms with Crippen LogP contribution >= 0.6 is 11.8 Å². The van der Waals surface area contributed by atoms with E-state index in [-0.39, 0.29) is 0 Å². The number of aliphatic imine (C=N–C) groups is 1. The van der Waals surface area contributed by atoms with Crippen LogP contribution in [-0.4, -0.2) is 16.5 Å². The summed E-state index contributed by atoms with van der Waals surface area (Å²) >= 11 is 1.59. The average molecular weight is 249 g/mol. The molecule has 88 valence electrons. The summed E-state index contributed by atoms with van der Waals surface area (Å²) in [6.07, 6.45) is 4.48. The summed E-state index contributed by atoms with van der Waals surface area (Å²) in [5.41, 5.74) is 2.51. The van der Waals surface area contributed by atoms with Crippen LogP contribution in [0, 0.1) is 0 Å². The molecule has 2 aromatic heterocycles. The summed E-state index contributed by atoms with van der Waals surface area (Å²) < 4.78 is 5.22. The zero-order valence-electron chi connectivity index (χ0n) is 8.91. The van der Waals surface area contributed by atoms with Crippen molar-refractivity contribution in [3.63, 3.8) is 0 Å². The van der Waals surface area contributed by atoms with Crippen molar-refractivity contribution in [1.29, 1.82) is 0 Å². The summed E-state index contributed by atoms with van der Waals surface area (Å²) in [6, 6.07) is 7.49. The number of hydrogen-bond donors (Lipinski definition) is 2. The van der Waals surface area contributed by atoms with Gasteiger partial charge in [-0.2, -0.15) is 0 Å². The predicted octanol–water partition coefficient (Wildman–Crippen LogP) is 2.61. The minimum atomic E-state index is 0.675. The molecule has 2 heterocycles. The Kier molecular flexibility index (Phi) is 4.17. The normalized spacial score (nSPS) is 10.9. The molecule has 2 N–H and O–H groups in total. The summed E-state index contributed by atoms with van der Waals surface area (Å²) in [7, 11) is 0. The first-order valence-electron chi connectivity index (χ1n) is 4.92. The lowest BCUT2D eigenvalue weighted by molar-refractivity contribution is 0.240. The molecule has 0 atom stereocenters. The zero-order valence-corrected chi connectivity index (χ0v) is 9.72.